The number of aliphatic hydroxyl groups excluding tert-OH is 1. The Kier molecular flexibility index (Phi) is 6.58. The summed E-state index contributed by atoms with van der Waals surface area (Å²) in [5.74, 6) is 1.47. The Morgan fingerprint density at radius 1 is 1.36 bits per heavy atom. The SMILES string of the molecule is CCSc1ccc([C@H](C)NC(=O)NC[C@H]2CC[C@H](O)C2)cc1. The minimum absolute atomic E-state index is 0.0187. The van der Waals surface area contributed by atoms with Crippen LogP contribution in [0.15, 0.2) is 29.2 Å². The van der Waals surface area contributed by atoms with E-state index >= 15 is 0 Å². The van der Waals surface area contributed by atoms with Crippen molar-refractivity contribution in [3.05, 3.63) is 29.8 Å². The maximum Gasteiger partial charge on any atom is 0.315 e. The lowest BCUT2D eigenvalue weighted by Crippen LogP contribution is -2.39. The van der Waals surface area contributed by atoms with E-state index in [-0.39, 0.29) is 18.2 Å². The Balaban J connectivity index is 1.75. The maximum absolute atomic E-state index is 11.9. The van der Waals surface area contributed by atoms with Crippen LogP contribution in [-0.2, 0) is 0 Å². The van der Waals surface area contributed by atoms with Gasteiger partial charge in [-0.25, -0.2) is 4.79 Å². The monoisotopic (exact) mass is 322 g/mol. The Morgan fingerprint density at radius 3 is 2.68 bits per heavy atom. The van der Waals surface area contributed by atoms with Crippen molar-refractivity contribution in [1.29, 1.82) is 0 Å². The second kappa shape index (κ2) is 8.44. The number of hydrogen-bond acceptors (Lipinski definition) is 3. The zero-order valence-corrected chi connectivity index (χ0v) is 14.2. The fourth-order valence-corrected chi connectivity index (χ4v) is 3.48. The average Bonchev–Trinajstić information content (AvgIpc) is 2.92. The Bertz CT molecular complexity index is 478. The van der Waals surface area contributed by atoms with Crippen molar-refractivity contribution in [2.45, 2.75) is 50.2 Å². The minimum atomic E-state index is -0.187. The van der Waals surface area contributed by atoms with Crippen molar-refractivity contribution in [2.24, 2.45) is 5.92 Å². The molecule has 1 aliphatic rings. The quantitative estimate of drug-likeness (QED) is 0.704. The van der Waals surface area contributed by atoms with Crippen LogP contribution < -0.4 is 10.6 Å². The smallest absolute Gasteiger partial charge is 0.315 e. The summed E-state index contributed by atoms with van der Waals surface area (Å²) in [6, 6.07) is 8.17. The molecule has 3 N–H and O–H groups in total. The van der Waals surface area contributed by atoms with Crippen molar-refractivity contribution in [3.63, 3.8) is 0 Å². The van der Waals surface area contributed by atoms with Crippen LogP contribution in [-0.4, -0.2) is 29.5 Å². The van der Waals surface area contributed by atoms with Crippen LogP contribution in [0, 0.1) is 5.92 Å². The zero-order valence-electron chi connectivity index (χ0n) is 13.3. The van der Waals surface area contributed by atoms with Gasteiger partial charge in [-0.2, -0.15) is 0 Å². The van der Waals surface area contributed by atoms with Gasteiger partial charge < -0.3 is 15.7 Å². The second-order valence-electron chi connectivity index (χ2n) is 5.91. The van der Waals surface area contributed by atoms with Gasteiger partial charge in [-0.15, -0.1) is 11.8 Å². The van der Waals surface area contributed by atoms with Gasteiger partial charge in [0.1, 0.15) is 0 Å². The summed E-state index contributed by atoms with van der Waals surface area (Å²) in [5.41, 5.74) is 1.10. The van der Waals surface area contributed by atoms with Gasteiger partial charge in [-0.3, -0.25) is 0 Å². The molecular weight excluding hydrogens is 296 g/mol. The first-order valence-electron chi connectivity index (χ1n) is 8.03. The molecule has 0 heterocycles. The third-order valence-electron chi connectivity index (χ3n) is 4.10. The van der Waals surface area contributed by atoms with Gasteiger partial charge in [0.2, 0.25) is 0 Å². The predicted octanol–water partition coefficient (Wildman–Crippen LogP) is 3.32. The molecule has 0 saturated heterocycles. The first-order valence-corrected chi connectivity index (χ1v) is 9.02. The molecule has 0 unspecified atom stereocenters. The van der Waals surface area contributed by atoms with E-state index in [1.54, 1.807) is 0 Å². The molecule has 22 heavy (non-hydrogen) atoms. The van der Waals surface area contributed by atoms with E-state index in [4.69, 9.17) is 0 Å². The van der Waals surface area contributed by atoms with Crippen molar-refractivity contribution in [2.75, 3.05) is 12.3 Å². The molecule has 1 fully saturated rings. The summed E-state index contributed by atoms with van der Waals surface area (Å²) in [4.78, 5) is 13.2. The van der Waals surface area contributed by atoms with Gasteiger partial charge in [0.15, 0.2) is 0 Å². The highest BCUT2D eigenvalue weighted by Gasteiger charge is 2.23. The highest BCUT2D eigenvalue weighted by molar-refractivity contribution is 7.99. The molecule has 1 aromatic rings. The summed E-state index contributed by atoms with van der Waals surface area (Å²) < 4.78 is 0. The lowest BCUT2D eigenvalue weighted by Gasteiger charge is -2.17. The molecule has 3 atom stereocenters. The van der Waals surface area contributed by atoms with E-state index in [0.29, 0.717) is 12.5 Å². The van der Waals surface area contributed by atoms with E-state index in [1.165, 1.54) is 4.90 Å². The van der Waals surface area contributed by atoms with Crippen LogP contribution in [0.4, 0.5) is 4.79 Å². The van der Waals surface area contributed by atoms with Crippen LogP contribution in [0.5, 0.6) is 0 Å². The largest absolute Gasteiger partial charge is 0.393 e. The average molecular weight is 322 g/mol. The summed E-state index contributed by atoms with van der Waals surface area (Å²) >= 11 is 1.81. The molecule has 5 heteroatoms. The van der Waals surface area contributed by atoms with Crippen molar-refractivity contribution >= 4 is 17.8 Å². The summed E-state index contributed by atoms with van der Waals surface area (Å²) in [7, 11) is 0. The lowest BCUT2D eigenvalue weighted by molar-refractivity contribution is 0.177. The molecule has 2 amide bonds. The molecule has 0 aromatic heterocycles. The molecular formula is C17H26N2O2S. The van der Waals surface area contributed by atoms with Gasteiger partial charge >= 0.3 is 6.03 Å². The third kappa shape index (κ3) is 5.21. The van der Waals surface area contributed by atoms with Crippen LogP contribution >= 0.6 is 11.8 Å². The minimum Gasteiger partial charge on any atom is -0.393 e. The lowest BCUT2D eigenvalue weighted by atomic mass is 10.1. The summed E-state index contributed by atoms with van der Waals surface area (Å²) in [5, 5.41) is 15.4. The first kappa shape index (κ1) is 17.2. The molecule has 1 saturated carbocycles. The number of nitrogens with one attached hydrogen (secondary N) is 2. The van der Waals surface area contributed by atoms with Gasteiger partial charge in [0.25, 0.3) is 0 Å². The van der Waals surface area contributed by atoms with Crippen molar-refractivity contribution in [1.82, 2.24) is 10.6 Å². The number of carbonyl (C=O) groups is 1. The molecule has 4 nitrogen and oxygen atoms in total. The predicted molar refractivity (Wildman–Crippen MR) is 91.1 cm³/mol. The number of carbonyl (C=O) groups excluding carboxylic acids is 1. The number of benzene rings is 1. The molecule has 0 radical (unpaired) electrons. The number of urea groups is 1. The summed E-state index contributed by atoms with van der Waals surface area (Å²) in [6.45, 7) is 4.76. The van der Waals surface area contributed by atoms with Crippen LogP contribution in [0.2, 0.25) is 0 Å². The maximum atomic E-state index is 11.9. The van der Waals surface area contributed by atoms with Gasteiger partial charge in [-0.1, -0.05) is 19.1 Å². The van der Waals surface area contributed by atoms with Crippen molar-refractivity contribution < 1.29 is 9.90 Å². The summed E-state index contributed by atoms with van der Waals surface area (Å²) in [6.07, 6.45) is 2.46. The molecule has 0 aliphatic heterocycles. The number of thioether (sulfide) groups is 1. The van der Waals surface area contributed by atoms with E-state index in [2.05, 4.69) is 41.8 Å². The molecule has 1 aromatic carbocycles. The Labute approximate surface area is 137 Å². The van der Waals surface area contributed by atoms with E-state index in [9.17, 15) is 9.90 Å². The van der Waals surface area contributed by atoms with Crippen LogP contribution in [0.1, 0.15) is 44.7 Å². The van der Waals surface area contributed by atoms with Crippen LogP contribution in [0.25, 0.3) is 0 Å². The number of hydrogen-bond donors (Lipinski definition) is 3. The zero-order chi connectivity index (χ0) is 15.9. The van der Waals surface area contributed by atoms with Gasteiger partial charge in [0.05, 0.1) is 12.1 Å². The van der Waals surface area contributed by atoms with E-state index < -0.39 is 0 Å². The highest BCUT2D eigenvalue weighted by Crippen LogP contribution is 2.24. The van der Waals surface area contributed by atoms with Crippen LogP contribution in [0.3, 0.4) is 0 Å². The van der Waals surface area contributed by atoms with Crippen molar-refractivity contribution in [3.8, 4) is 0 Å². The van der Waals surface area contributed by atoms with Gasteiger partial charge in [-0.05, 0) is 55.6 Å². The van der Waals surface area contributed by atoms with Gasteiger partial charge in [0, 0.05) is 11.4 Å². The van der Waals surface area contributed by atoms with E-state index in [0.717, 1.165) is 30.6 Å². The number of aliphatic hydroxyl groups is 1. The molecule has 1 aliphatic carbocycles. The molecule has 2 rings (SSSR count). The third-order valence-corrected chi connectivity index (χ3v) is 5.00. The molecule has 0 bridgehead atoms. The fourth-order valence-electron chi connectivity index (χ4n) is 2.82. The number of amides is 2. The normalized spacial score (nSPS) is 22.3. The topological polar surface area (TPSA) is 61.4 Å². The first-order chi connectivity index (χ1) is 10.6. The Hall–Kier alpha value is -1.20. The van der Waals surface area contributed by atoms with E-state index in [1.807, 2.05) is 18.7 Å². The second-order valence-corrected chi connectivity index (χ2v) is 7.25. The molecule has 0 spiro atoms. The highest BCUT2D eigenvalue weighted by atomic mass is 32.2. The fraction of sp³-hybridized carbons (Fsp3) is 0.588. The standard InChI is InChI=1S/C17H26N2O2S/c1-3-22-16-8-5-14(6-9-16)12(2)19-17(21)18-11-13-4-7-15(20)10-13/h5-6,8-9,12-13,15,20H,3-4,7,10-11H2,1-2H3,(H2,18,19,21)/t12-,13-,15-/m0/s1. The Morgan fingerprint density at radius 2 is 2.09 bits per heavy atom. The molecule has 122 valence electrons. The number of rotatable bonds is 6.